The van der Waals surface area contributed by atoms with Gasteiger partial charge in [0.15, 0.2) is 0 Å². The summed E-state index contributed by atoms with van der Waals surface area (Å²) in [5.74, 6) is 1.47. The number of pyridine rings is 1. The summed E-state index contributed by atoms with van der Waals surface area (Å²) in [5.41, 5.74) is 19.3. The Morgan fingerprint density at radius 1 is 0.472 bits per heavy atom. The Kier molecular flexibility index (Phi) is 12.3. The molecular formula is C82H65N5OPt-2. The van der Waals surface area contributed by atoms with Crippen molar-refractivity contribution in [1.29, 1.82) is 0 Å². The second kappa shape index (κ2) is 21.8. The van der Waals surface area contributed by atoms with Gasteiger partial charge in [-0.05, 0) is 64.3 Å². The Balaban J connectivity index is 0.958. The number of ether oxygens (including phenoxy) is 1. The minimum Gasteiger partial charge on any atom is -0.310 e. The van der Waals surface area contributed by atoms with Crippen molar-refractivity contribution in [2.45, 2.75) is 64.7 Å². The number of nitrogens with zero attached hydrogens (tertiary/aromatic N) is 5. The molecule has 2 aliphatic heterocycles. The predicted molar refractivity (Wildman–Crippen MR) is 361 cm³/mol. The third-order valence-corrected chi connectivity index (χ3v) is 18.6. The second-order valence-corrected chi connectivity index (χ2v) is 26.0. The zero-order valence-electron chi connectivity index (χ0n) is 55.5. The number of para-hydroxylation sites is 5. The maximum absolute atomic E-state index is 9.01. The molecule has 2 aromatic heterocycles. The molecule has 15 rings (SSSR count). The average molecular weight is 1340 g/mol. The monoisotopic (exact) mass is 1340 g/mol. The van der Waals surface area contributed by atoms with Crippen molar-refractivity contribution in [1.82, 2.24) is 14.1 Å². The van der Waals surface area contributed by atoms with Gasteiger partial charge in [0, 0.05) is 28.8 Å². The number of anilines is 6. The summed E-state index contributed by atoms with van der Waals surface area (Å²) >= 11 is 2.47. The van der Waals surface area contributed by atoms with Gasteiger partial charge in [0.1, 0.15) is 0 Å². The summed E-state index contributed by atoms with van der Waals surface area (Å²) in [5, 5.41) is 0. The van der Waals surface area contributed by atoms with Crippen molar-refractivity contribution in [2.75, 3.05) is 9.80 Å². The van der Waals surface area contributed by atoms with Crippen LogP contribution in [0.15, 0.2) is 267 Å². The third kappa shape index (κ3) is 9.34. The van der Waals surface area contributed by atoms with E-state index in [9.17, 15) is 0 Å². The molecule has 0 N–H and O–H groups in total. The van der Waals surface area contributed by atoms with E-state index in [-0.39, 0.29) is 28.5 Å². The molecule has 0 fully saturated rings. The van der Waals surface area contributed by atoms with Crippen LogP contribution in [0.5, 0.6) is 11.5 Å². The molecule has 0 unspecified atom stereocenters. The molecule has 0 bridgehead atoms. The number of hydrogen-bond acceptors (Lipinski definition) is 4. The normalized spacial score (nSPS) is 14.0. The Hall–Kier alpha value is -9.87. The van der Waals surface area contributed by atoms with Crippen LogP contribution in [0.25, 0.3) is 55.8 Å². The van der Waals surface area contributed by atoms with Gasteiger partial charge < -0.3 is 4.90 Å². The topological polar surface area (TPSA) is 38.5 Å². The van der Waals surface area contributed by atoms with Crippen molar-refractivity contribution in [3.63, 3.8) is 0 Å². The number of aryl methyl sites for hydroxylation is 1. The molecule has 6 nitrogen and oxygen atoms in total. The number of aromatic nitrogens is 3. The van der Waals surface area contributed by atoms with Gasteiger partial charge in [-0.15, -0.1) is 0 Å². The zero-order valence-corrected chi connectivity index (χ0v) is 52.7. The molecule has 4 heterocycles. The van der Waals surface area contributed by atoms with E-state index in [1.807, 2.05) is 31.2 Å². The van der Waals surface area contributed by atoms with Crippen LogP contribution in [-0.4, -0.2) is 14.1 Å². The van der Waals surface area contributed by atoms with E-state index in [0.717, 1.165) is 93.5 Å². The molecule has 436 valence electrons. The summed E-state index contributed by atoms with van der Waals surface area (Å²) in [6.45, 7) is 15.5. The number of benzene rings is 11. The van der Waals surface area contributed by atoms with E-state index in [2.05, 4.69) is 298 Å². The van der Waals surface area contributed by atoms with Gasteiger partial charge in [0.2, 0.25) is 0 Å². The van der Waals surface area contributed by atoms with Crippen LogP contribution >= 0.6 is 0 Å². The van der Waals surface area contributed by atoms with Gasteiger partial charge in [-0.2, -0.15) is 0 Å². The third-order valence-electron chi connectivity index (χ3n) is 17.5. The molecular weight excluding hydrogens is 1270 g/mol. The van der Waals surface area contributed by atoms with Crippen molar-refractivity contribution in [3.05, 3.63) is 322 Å². The summed E-state index contributed by atoms with van der Waals surface area (Å²) in [6.07, 6.45) is 1.64. The molecule has 2 aliphatic rings. The molecule has 7 heteroatoms. The van der Waals surface area contributed by atoms with Crippen molar-refractivity contribution in [3.8, 4) is 56.3 Å². The van der Waals surface area contributed by atoms with Crippen LogP contribution in [0.4, 0.5) is 34.3 Å². The fraction of sp³-hybridized carbons (Fsp3) is 0.122. The smallest absolute Gasteiger partial charge is 0.310 e. The first-order valence-electron chi connectivity index (χ1n) is 32.6. The number of fused-ring (bicyclic) bond motifs is 9. The molecule has 11 aromatic carbocycles. The second-order valence-electron chi connectivity index (χ2n) is 25.0. The minimum absolute atomic E-state index is 0.0933. The standard InChI is InChI=1S/C82H65N5O.Pt/c1-55-48-78(83-53-67(55)58-30-16-10-17-31-58)87-72-39-21-20-38-68(72)82(70-49-59(80(2,3)4)42-46-73(70)86(61-32-18-11-19-33-61)74-47-43-60(50-71(74)82)81(5,6)7)69-45-44-64(52-77(69)87)88-63-35-24-34-62(51-63)84-54-85(76-41-23-22-40-75(76)84)79-65(56-26-12-8-13-27-56)36-25-37-66(79)57-28-14-9-15-29-57;/h8-50,53H,1-7H3;/q-2;/i10D,16D,17D,30D,31D;. The van der Waals surface area contributed by atoms with Crippen LogP contribution in [-0.2, 0) is 35.6 Å². The zero-order chi connectivity index (χ0) is 65.1. The van der Waals surface area contributed by atoms with Gasteiger partial charge in [-0.25, -0.2) is 0 Å². The minimum atomic E-state index is -0.981. The van der Waals surface area contributed by atoms with Crippen molar-refractivity contribution in [2.24, 2.45) is 0 Å². The molecule has 0 saturated heterocycles. The fourth-order valence-electron chi connectivity index (χ4n) is 13.3. The summed E-state index contributed by atoms with van der Waals surface area (Å²) in [6, 6.07) is 87.5. The van der Waals surface area contributed by atoms with E-state index in [4.69, 9.17) is 16.6 Å². The predicted octanol–water partition coefficient (Wildman–Crippen LogP) is 21.1. The van der Waals surface area contributed by atoms with Crippen LogP contribution in [0.3, 0.4) is 0 Å². The molecule has 0 radical (unpaired) electrons. The Labute approximate surface area is 539 Å². The van der Waals surface area contributed by atoms with Gasteiger partial charge >= 0.3 is 306 Å². The molecule has 13 aromatic rings. The Morgan fingerprint density at radius 2 is 1.02 bits per heavy atom. The molecule has 1 spiro atoms. The first-order chi connectivity index (χ1) is 45.3. The average Bonchev–Trinajstić information content (AvgIpc) is 0.827. The van der Waals surface area contributed by atoms with E-state index in [1.54, 1.807) is 6.20 Å². The van der Waals surface area contributed by atoms with Gasteiger partial charge in [-0.3, -0.25) is 0 Å². The van der Waals surface area contributed by atoms with Crippen molar-refractivity contribution < 1.29 is 30.9 Å². The molecule has 0 saturated carbocycles. The Bertz CT molecular complexity index is 5110. The molecule has 0 aliphatic carbocycles. The summed E-state index contributed by atoms with van der Waals surface area (Å²) in [7, 11) is 0. The van der Waals surface area contributed by atoms with Crippen LogP contribution in [0.2, 0.25) is 0 Å². The fourth-order valence-corrected chi connectivity index (χ4v) is 14.4. The van der Waals surface area contributed by atoms with Crippen LogP contribution < -0.4 is 14.5 Å². The van der Waals surface area contributed by atoms with E-state index >= 15 is 0 Å². The van der Waals surface area contributed by atoms with E-state index < -0.39 is 23.5 Å². The van der Waals surface area contributed by atoms with Gasteiger partial charge in [0.05, 0.1) is 6.85 Å². The molecule has 89 heavy (non-hydrogen) atoms. The van der Waals surface area contributed by atoms with Gasteiger partial charge in [-0.1, -0.05) is 132 Å². The summed E-state index contributed by atoms with van der Waals surface area (Å²) < 4.78 is 56.4. The van der Waals surface area contributed by atoms with Gasteiger partial charge in [0.25, 0.3) is 0 Å². The van der Waals surface area contributed by atoms with E-state index in [0.29, 0.717) is 34.1 Å². The maximum atomic E-state index is 9.01. The van der Waals surface area contributed by atoms with Crippen molar-refractivity contribution >= 4 is 45.3 Å². The molecule has 0 amide bonds. The van der Waals surface area contributed by atoms with Crippen LogP contribution in [0, 0.1) is 22.9 Å². The number of hydrogen-bond donors (Lipinski definition) is 0. The first kappa shape index (κ1) is 50.2. The number of imidazole rings is 1. The first-order valence-corrected chi connectivity index (χ1v) is 31.2. The van der Waals surface area contributed by atoms with Crippen LogP contribution in [0.1, 0.15) is 87.3 Å². The SMILES string of the molecule is [2H]c1c([2H])c([2H])c(-c2cnc(N3c4[c-]c(Oc5[c-]c(-n6[c](=[Pt])n(-c7c(-c8ccccc8)cccc7-c7ccccc7)c7ccccc76)ccc5)ccc4C4(c5ccccc53)c3cc(C(C)(C)C)ccc3N(c3ccccc3)c3ccc(C(C)(C)C)cc34)cc2C)c([2H])c1[2H]. The molecule has 0 atom stereocenters. The Morgan fingerprint density at radius 3 is 1.64 bits per heavy atom. The quantitative estimate of drug-likeness (QED) is 0.135. The van der Waals surface area contributed by atoms with E-state index in [1.165, 1.54) is 11.1 Å². The number of rotatable bonds is 9. The summed E-state index contributed by atoms with van der Waals surface area (Å²) in [4.78, 5) is 9.80.